The van der Waals surface area contributed by atoms with E-state index in [1.807, 2.05) is 30.8 Å². The van der Waals surface area contributed by atoms with Crippen LogP contribution in [0.25, 0.3) is 0 Å². The second-order valence-electron chi connectivity index (χ2n) is 3.63. The van der Waals surface area contributed by atoms with Crippen LogP contribution >= 0.6 is 11.8 Å². The maximum absolute atomic E-state index is 5.63. The third-order valence-corrected chi connectivity index (χ3v) is 3.48. The zero-order chi connectivity index (χ0) is 12.5. The van der Waals surface area contributed by atoms with Crippen LogP contribution in [0.15, 0.2) is 29.2 Å². The monoisotopic (exact) mass is 255 g/mol. The van der Waals surface area contributed by atoms with Gasteiger partial charge in [0.15, 0.2) is 0 Å². The van der Waals surface area contributed by atoms with Gasteiger partial charge < -0.3 is 15.2 Å². The van der Waals surface area contributed by atoms with E-state index in [0.717, 1.165) is 24.5 Å². The van der Waals surface area contributed by atoms with Gasteiger partial charge in [0.25, 0.3) is 0 Å². The minimum atomic E-state index is 0.186. The van der Waals surface area contributed by atoms with Crippen molar-refractivity contribution in [3.63, 3.8) is 0 Å². The Morgan fingerprint density at radius 1 is 1.29 bits per heavy atom. The topological polar surface area (TPSA) is 44.5 Å². The van der Waals surface area contributed by atoms with Gasteiger partial charge in [0.1, 0.15) is 5.75 Å². The third kappa shape index (κ3) is 5.44. The summed E-state index contributed by atoms with van der Waals surface area (Å²) < 4.78 is 10.6. The van der Waals surface area contributed by atoms with Gasteiger partial charge in [-0.3, -0.25) is 0 Å². The number of methoxy groups -OCH3 is 1. The Hall–Kier alpha value is -0.710. The van der Waals surface area contributed by atoms with Crippen molar-refractivity contribution in [2.45, 2.75) is 24.3 Å². The average molecular weight is 255 g/mol. The lowest BCUT2D eigenvalue weighted by Gasteiger charge is -2.14. The molecule has 0 saturated carbocycles. The molecule has 17 heavy (non-hydrogen) atoms. The first-order chi connectivity index (χ1) is 8.30. The van der Waals surface area contributed by atoms with Crippen LogP contribution in [0.5, 0.6) is 5.75 Å². The van der Waals surface area contributed by atoms with Gasteiger partial charge in [0, 0.05) is 23.8 Å². The summed E-state index contributed by atoms with van der Waals surface area (Å²) in [7, 11) is 1.68. The maximum Gasteiger partial charge on any atom is 0.118 e. The maximum atomic E-state index is 5.63. The quantitative estimate of drug-likeness (QED) is 0.725. The Labute approximate surface area is 108 Å². The molecule has 0 aliphatic carbocycles. The largest absolute Gasteiger partial charge is 0.497 e. The summed E-state index contributed by atoms with van der Waals surface area (Å²) in [6.07, 6.45) is 1.17. The van der Waals surface area contributed by atoms with Gasteiger partial charge in [-0.05, 0) is 37.6 Å². The lowest BCUT2D eigenvalue weighted by atomic mass is 10.3. The Morgan fingerprint density at radius 2 is 2.00 bits per heavy atom. The van der Waals surface area contributed by atoms with Gasteiger partial charge in [-0.15, -0.1) is 11.8 Å². The van der Waals surface area contributed by atoms with Crippen molar-refractivity contribution in [1.82, 2.24) is 0 Å². The molecule has 3 nitrogen and oxygen atoms in total. The Morgan fingerprint density at radius 3 is 2.53 bits per heavy atom. The Kier molecular flexibility index (Phi) is 7.08. The first-order valence-corrected chi connectivity index (χ1v) is 6.87. The summed E-state index contributed by atoms with van der Waals surface area (Å²) in [4.78, 5) is 1.25. The van der Waals surface area contributed by atoms with E-state index >= 15 is 0 Å². The number of thioether (sulfide) groups is 1. The highest BCUT2D eigenvalue weighted by atomic mass is 32.2. The number of rotatable bonds is 8. The first-order valence-electron chi connectivity index (χ1n) is 5.88. The van der Waals surface area contributed by atoms with E-state index in [-0.39, 0.29) is 6.10 Å². The van der Waals surface area contributed by atoms with E-state index in [0.29, 0.717) is 6.54 Å². The van der Waals surface area contributed by atoms with Crippen LogP contribution in [0.2, 0.25) is 0 Å². The molecule has 0 fully saturated rings. The summed E-state index contributed by atoms with van der Waals surface area (Å²) in [5.74, 6) is 1.91. The molecular weight excluding hydrogens is 234 g/mol. The molecule has 0 amide bonds. The highest BCUT2D eigenvalue weighted by Gasteiger charge is 2.05. The van der Waals surface area contributed by atoms with Crippen molar-refractivity contribution in [3.8, 4) is 5.75 Å². The van der Waals surface area contributed by atoms with Crippen LogP contribution in [0, 0.1) is 0 Å². The zero-order valence-electron chi connectivity index (χ0n) is 10.5. The fourth-order valence-corrected chi connectivity index (χ4v) is 2.43. The fraction of sp³-hybridized carbons (Fsp3) is 0.538. The highest BCUT2D eigenvalue weighted by molar-refractivity contribution is 7.99. The molecule has 0 aliphatic rings. The molecule has 0 radical (unpaired) electrons. The van der Waals surface area contributed by atoms with Crippen LogP contribution in [0.1, 0.15) is 13.3 Å². The Balaban J connectivity index is 2.29. The third-order valence-electron chi connectivity index (χ3n) is 2.43. The molecule has 4 heteroatoms. The van der Waals surface area contributed by atoms with Crippen molar-refractivity contribution in [2.24, 2.45) is 5.73 Å². The predicted molar refractivity (Wildman–Crippen MR) is 72.8 cm³/mol. The molecule has 0 spiro atoms. The normalized spacial score (nSPS) is 12.4. The van der Waals surface area contributed by atoms with Crippen LogP contribution in [0.4, 0.5) is 0 Å². The molecule has 0 bridgehead atoms. The first kappa shape index (κ1) is 14.4. The van der Waals surface area contributed by atoms with Crippen molar-refractivity contribution in [1.29, 1.82) is 0 Å². The molecule has 0 aromatic heterocycles. The van der Waals surface area contributed by atoms with E-state index in [4.69, 9.17) is 15.2 Å². The lowest BCUT2D eigenvalue weighted by Crippen LogP contribution is -2.24. The lowest BCUT2D eigenvalue weighted by molar-refractivity contribution is 0.0674. The summed E-state index contributed by atoms with van der Waals surface area (Å²) in [5.41, 5.74) is 5.63. The average Bonchev–Trinajstić information content (AvgIpc) is 2.38. The summed E-state index contributed by atoms with van der Waals surface area (Å²) in [5, 5.41) is 0. The Bertz CT molecular complexity index is 303. The fourth-order valence-electron chi connectivity index (χ4n) is 1.49. The molecule has 1 rings (SSSR count). The van der Waals surface area contributed by atoms with Crippen LogP contribution in [0.3, 0.4) is 0 Å². The number of hydrogen-bond acceptors (Lipinski definition) is 4. The second-order valence-corrected chi connectivity index (χ2v) is 4.79. The van der Waals surface area contributed by atoms with Gasteiger partial charge in [0.05, 0.1) is 13.2 Å². The summed E-state index contributed by atoms with van der Waals surface area (Å²) >= 11 is 1.82. The number of hydrogen-bond donors (Lipinski definition) is 1. The zero-order valence-corrected chi connectivity index (χ0v) is 11.3. The van der Waals surface area contributed by atoms with Gasteiger partial charge in [-0.25, -0.2) is 0 Å². The van der Waals surface area contributed by atoms with Gasteiger partial charge in [-0.1, -0.05) is 0 Å². The smallest absolute Gasteiger partial charge is 0.118 e. The van der Waals surface area contributed by atoms with E-state index in [1.165, 1.54) is 4.90 Å². The van der Waals surface area contributed by atoms with Crippen molar-refractivity contribution in [3.05, 3.63) is 24.3 Å². The van der Waals surface area contributed by atoms with Crippen molar-refractivity contribution in [2.75, 3.05) is 26.0 Å². The second kappa shape index (κ2) is 8.39. The van der Waals surface area contributed by atoms with E-state index in [1.54, 1.807) is 7.11 Å². The van der Waals surface area contributed by atoms with Gasteiger partial charge in [0.2, 0.25) is 0 Å². The standard InChI is InChI=1S/C13H21NO2S/c1-3-16-12(10-14)8-9-17-13-6-4-11(15-2)5-7-13/h4-7,12H,3,8-10,14H2,1-2H3. The van der Waals surface area contributed by atoms with E-state index in [9.17, 15) is 0 Å². The van der Waals surface area contributed by atoms with Gasteiger partial charge in [-0.2, -0.15) is 0 Å². The predicted octanol–water partition coefficient (Wildman–Crippen LogP) is 2.54. The van der Waals surface area contributed by atoms with Crippen molar-refractivity contribution < 1.29 is 9.47 Å². The molecule has 2 N–H and O–H groups in total. The molecule has 96 valence electrons. The van der Waals surface area contributed by atoms with Crippen molar-refractivity contribution >= 4 is 11.8 Å². The molecule has 0 heterocycles. The molecular formula is C13H21NO2S. The highest BCUT2D eigenvalue weighted by Crippen LogP contribution is 2.22. The molecule has 1 aromatic rings. The van der Waals surface area contributed by atoms with Crippen LogP contribution in [-0.2, 0) is 4.74 Å². The molecule has 0 saturated heterocycles. The molecule has 1 unspecified atom stereocenters. The summed E-state index contributed by atoms with van der Waals surface area (Å²) in [6.45, 7) is 3.32. The van der Waals surface area contributed by atoms with Crippen LogP contribution in [-0.4, -0.2) is 32.1 Å². The molecule has 0 aliphatic heterocycles. The molecule has 1 aromatic carbocycles. The number of ether oxygens (including phenoxy) is 2. The number of benzene rings is 1. The minimum Gasteiger partial charge on any atom is -0.497 e. The van der Waals surface area contributed by atoms with Gasteiger partial charge >= 0.3 is 0 Å². The van der Waals surface area contributed by atoms with E-state index in [2.05, 4.69) is 12.1 Å². The SMILES string of the molecule is CCOC(CN)CCSc1ccc(OC)cc1. The minimum absolute atomic E-state index is 0.186. The summed E-state index contributed by atoms with van der Waals surface area (Å²) in [6, 6.07) is 8.10. The molecule has 1 atom stereocenters. The van der Waals surface area contributed by atoms with E-state index < -0.39 is 0 Å². The number of nitrogens with two attached hydrogens (primary N) is 1. The van der Waals surface area contributed by atoms with Crippen LogP contribution < -0.4 is 10.5 Å².